The Labute approximate surface area is 114 Å². The third-order valence-corrected chi connectivity index (χ3v) is 3.32. The van der Waals surface area contributed by atoms with Crippen LogP contribution >= 0.6 is 0 Å². The Bertz CT molecular complexity index is 494. The first-order valence-electron chi connectivity index (χ1n) is 6.69. The minimum absolute atomic E-state index is 0.173. The van der Waals surface area contributed by atoms with E-state index < -0.39 is 0 Å². The number of nitrogens with zero attached hydrogens (tertiary/aromatic N) is 2. The third kappa shape index (κ3) is 3.96. The van der Waals surface area contributed by atoms with Crippen LogP contribution in [0.2, 0.25) is 0 Å². The van der Waals surface area contributed by atoms with Gasteiger partial charge in [-0.3, -0.25) is 0 Å². The van der Waals surface area contributed by atoms with Gasteiger partial charge in [0.2, 0.25) is 0 Å². The molecule has 0 spiro atoms. The van der Waals surface area contributed by atoms with Crippen molar-refractivity contribution in [2.24, 2.45) is 5.41 Å². The zero-order valence-corrected chi connectivity index (χ0v) is 12.2. The molecule has 0 radical (unpaired) electrons. The number of hydrogen-bond acceptors (Lipinski definition) is 3. The second-order valence-electron chi connectivity index (χ2n) is 6.07. The summed E-state index contributed by atoms with van der Waals surface area (Å²) in [6.45, 7) is 10.4. The Morgan fingerprint density at radius 3 is 2.68 bits per heavy atom. The Balaban J connectivity index is 1.98. The van der Waals surface area contributed by atoms with E-state index >= 15 is 0 Å². The minimum atomic E-state index is 0.173. The molecule has 2 rings (SSSR count). The molecule has 104 valence electrons. The van der Waals surface area contributed by atoms with Crippen molar-refractivity contribution in [2.75, 3.05) is 0 Å². The van der Waals surface area contributed by atoms with Crippen molar-refractivity contribution in [3.8, 4) is 0 Å². The third-order valence-electron chi connectivity index (χ3n) is 3.32. The van der Waals surface area contributed by atoms with E-state index in [2.05, 4.69) is 35.6 Å². The summed E-state index contributed by atoms with van der Waals surface area (Å²) in [6, 6.07) is 4.38. The SMILES string of the molecule is Cc1ccc(CNC(Cn2ccnc2)C(C)(C)C)o1. The van der Waals surface area contributed by atoms with Crippen LogP contribution in [-0.4, -0.2) is 15.6 Å². The number of nitrogens with one attached hydrogen (secondary N) is 1. The zero-order valence-electron chi connectivity index (χ0n) is 12.2. The highest BCUT2D eigenvalue weighted by Gasteiger charge is 2.24. The summed E-state index contributed by atoms with van der Waals surface area (Å²) >= 11 is 0. The Morgan fingerprint density at radius 1 is 1.37 bits per heavy atom. The Morgan fingerprint density at radius 2 is 2.16 bits per heavy atom. The highest BCUT2D eigenvalue weighted by atomic mass is 16.3. The van der Waals surface area contributed by atoms with Crippen LogP contribution in [0.3, 0.4) is 0 Å². The number of hydrogen-bond donors (Lipinski definition) is 1. The number of rotatable bonds is 5. The van der Waals surface area contributed by atoms with E-state index in [-0.39, 0.29) is 5.41 Å². The molecular formula is C15H23N3O. The van der Waals surface area contributed by atoms with Gasteiger partial charge in [0.1, 0.15) is 11.5 Å². The average molecular weight is 261 g/mol. The summed E-state index contributed by atoms with van der Waals surface area (Å²) in [6.07, 6.45) is 5.67. The highest BCUT2D eigenvalue weighted by Crippen LogP contribution is 2.21. The maximum absolute atomic E-state index is 5.60. The summed E-state index contributed by atoms with van der Waals surface area (Å²) in [7, 11) is 0. The molecule has 0 saturated heterocycles. The standard InChI is InChI=1S/C15H23N3O/c1-12-5-6-13(19-12)9-17-14(15(2,3)4)10-18-8-7-16-11-18/h5-8,11,14,17H,9-10H2,1-4H3. The molecule has 0 amide bonds. The van der Waals surface area contributed by atoms with Crippen LogP contribution in [0, 0.1) is 12.3 Å². The van der Waals surface area contributed by atoms with Gasteiger partial charge >= 0.3 is 0 Å². The topological polar surface area (TPSA) is 43.0 Å². The van der Waals surface area contributed by atoms with Crippen molar-refractivity contribution >= 4 is 0 Å². The van der Waals surface area contributed by atoms with Crippen LogP contribution in [0.4, 0.5) is 0 Å². The van der Waals surface area contributed by atoms with Crippen molar-refractivity contribution in [1.82, 2.24) is 14.9 Å². The smallest absolute Gasteiger partial charge is 0.117 e. The van der Waals surface area contributed by atoms with E-state index in [1.807, 2.05) is 37.8 Å². The lowest BCUT2D eigenvalue weighted by Gasteiger charge is -2.31. The first-order valence-corrected chi connectivity index (χ1v) is 6.69. The van der Waals surface area contributed by atoms with Crippen molar-refractivity contribution in [3.05, 3.63) is 42.4 Å². The van der Waals surface area contributed by atoms with Gasteiger partial charge in [-0.15, -0.1) is 0 Å². The predicted molar refractivity (Wildman–Crippen MR) is 75.8 cm³/mol. The number of furan rings is 1. The van der Waals surface area contributed by atoms with Gasteiger partial charge in [0.05, 0.1) is 12.9 Å². The molecule has 0 saturated carbocycles. The van der Waals surface area contributed by atoms with Gasteiger partial charge in [-0.1, -0.05) is 20.8 Å². The molecule has 0 aliphatic rings. The van der Waals surface area contributed by atoms with Crippen molar-refractivity contribution in [3.63, 3.8) is 0 Å². The fraction of sp³-hybridized carbons (Fsp3) is 0.533. The lowest BCUT2D eigenvalue weighted by atomic mass is 9.86. The first-order chi connectivity index (χ1) is 8.95. The zero-order chi connectivity index (χ0) is 13.9. The fourth-order valence-electron chi connectivity index (χ4n) is 2.05. The molecule has 1 atom stereocenters. The second kappa shape index (κ2) is 5.61. The predicted octanol–water partition coefficient (Wildman–Crippen LogP) is 2.99. The van der Waals surface area contributed by atoms with Gasteiger partial charge in [-0.25, -0.2) is 4.98 Å². The van der Waals surface area contributed by atoms with Gasteiger partial charge < -0.3 is 14.3 Å². The molecule has 4 heteroatoms. The summed E-state index contributed by atoms with van der Waals surface area (Å²) in [4.78, 5) is 4.10. The fourth-order valence-corrected chi connectivity index (χ4v) is 2.05. The summed E-state index contributed by atoms with van der Waals surface area (Å²) < 4.78 is 7.71. The van der Waals surface area contributed by atoms with Crippen LogP contribution < -0.4 is 5.32 Å². The van der Waals surface area contributed by atoms with E-state index in [0.29, 0.717) is 6.04 Å². The van der Waals surface area contributed by atoms with Crippen LogP contribution in [0.15, 0.2) is 35.3 Å². The molecule has 1 N–H and O–H groups in total. The van der Waals surface area contributed by atoms with Crippen LogP contribution in [0.5, 0.6) is 0 Å². The molecule has 1 unspecified atom stereocenters. The molecule has 19 heavy (non-hydrogen) atoms. The van der Waals surface area contributed by atoms with E-state index in [1.165, 1.54) is 0 Å². The molecule has 0 aliphatic carbocycles. The lowest BCUT2D eigenvalue weighted by Crippen LogP contribution is -2.42. The number of aryl methyl sites for hydroxylation is 1. The monoisotopic (exact) mass is 261 g/mol. The maximum Gasteiger partial charge on any atom is 0.117 e. The molecule has 0 aromatic carbocycles. The molecule has 0 aliphatic heterocycles. The molecule has 2 heterocycles. The average Bonchev–Trinajstić information content (AvgIpc) is 2.94. The van der Waals surface area contributed by atoms with Gasteiger partial charge in [0.25, 0.3) is 0 Å². The van der Waals surface area contributed by atoms with Crippen LogP contribution in [-0.2, 0) is 13.1 Å². The second-order valence-corrected chi connectivity index (χ2v) is 6.07. The highest BCUT2D eigenvalue weighted by molar-refractivity contribution is 5.05. The Kier molecular flexibility index (Phi) is 4.10. The van der Waals surface area contributed by atoms with Crippen LogP contribution in [0.25, 0.3) is 0 Å². The number of aromatic nitrogens is 2. The molecule has 4 nitrogen and oxygen atoms in total. The minimum Gasteiger partial charge on any atom is -0.465 e. The van der Waals surface area contributed by atoms with E-state index in [9.17, 15) is 0 Å². The summed E-state index contributed by atoms with van der Waals surface area (Å²) in [5, 5.41) is 3.59. The molecule has 2 aromatic rings. The largest absolute Gasteiger partial charge is 0.465 e. The molecule has 0 fully saturated rings. The quantitative estimate of drug-likeness (QED) is 0.899. The lowest BCUT2D eigenvalue weighted by molar-refractivity contribution is 0.234. The molecule has 2 aromatic heterocycles. The summed E-state index contributed by atoms with van der Waals surface area (Å²) in [5.41, 5.74) is 0.173. The molecular weight excluding hydrogens is 238 g/mol. The normalized spacial score (nSPS) is 13.7. The van der Waals surface area contributed by atoms with E-state index in [1.54, 1.807) is 0 Å². The van der Waals surface area contributed by atoms with Gasteiger partial charge in [-0.2, -0.15) is 0 Å². The van der Waals surface area contributed by atoms with Gasteiger partial charge in [0.15, 0.2) is 0 Å². The number of imidazole rings is 1. The van der Waals surface area contributed by atoms with Crippen LogP contribution in [0.1, 0.15) is 32.3 Å². The van der Waals surface area contributed by atoms with Crippen molar-refractivity contribution in [1.29, 1.82) is 0 Å². The van der Waals surface area contributed by atoms with Crippen molar-refractivity contribution < 1.29 is 4.42 Å². The molecule has 0 bridgehead atoms. The van der Waals surface area contributed by atoms with E-state index in [0.717, 1.165) is 24.6 Å². The van der Waals surface area contributed by atoms with E-state index in [4.69, 9.17) is 4.42 Å². The maximum atomic E-state index is 5.60. The first kappa shape index (κ1) is 13.9. The van der Waals surface area contributed by atoms with Gasteiger partial charge in [0, 0.05) is 25.0 Å². The summed E-state index contributed by atoms with van der Waals surface area (Å²) in [5.74, 6) is 1.94. The van der Waals surface area contributed by atoms with Crippen molar-refractivity contribution in [2.45, 2.75) is 46.8 Å². The van der Waals surface area contributed by atoms with Gasteiger partial charge in [-0.05, 0) is 24.5 Å². The Hall–Kier alpha value is -1.55.